The van der Waals surface area contributed by atoms with Crippen molar-refractivity contribution in [3.8, 4) is 0 Å². The van der Waals surface area contributed by atoms with Gasteiger partial charge in [-0.15, -0.1) is 6.58 Å². The molecule has 1 aliphatic rings. The maximum Gasteiger partial charge on any atom is 0.0948 e. The lowest BCUT2D eigenvalue weighted by atomic mass is 9.98. The molecule has 0 bridgehead atoms. The van der Waals surface area contributed by atoms with Gasteiger partial charge in [-0.2, -0.15) is 0 Å². The van der Waals surface area contributed by atoms with Crippen LogP contribution in [0.1, 0.15) is 20.3 Å². The zero-order chi connectivity index (χ0) is 10.6. The van der Waals surface area contributed by atoms with E-state index in [0.717, 1.165) is 6.42 Å². The quantitative estimate of drug-likeness (QED) is 0.647. The molecule has 0 radical (unpaired) electrons. The molecule has 4 atom stereocenters. The third-order valence-corrected chi connectivity index (χ3v) is 2.92. The van der Waals surface area contributed by atoms with Crippen molar-refractivity contribution in [2.24, 2.45) is 5.92 Å². The number of hydrogen-bond donors (Lipinski definition) is 2. The topological polar surface area (TPSA) is 41.5 Å². The fraction of sp³-hybridized carbons (Fsp3) is 0.818. The van der Waals surface area contributed by atoms with E-state index in [4.69, 9.17) is 4.74 Å². The molecule has 4 unspecified atom stereocenters. The molecule has 14 heavy (non-hydrogen) atoms. The second-order valence-corrected chi connectivity index (χ2v) is 4.17. The summed E-state index contributed by atoms with van der Waals surface area (Å²) in [5.41, 5.74) is 0. The van der Waals surface area contributed by atoms with Crippen LogP contribution in [0.3, 0.4) is 0 Å². The highest BCUT2D eigenvalue weighted by molar-refractivity contribution is 4.85. The van der Waals surface area contributed by atoms with Crippen LogP contribution in [0.4, 0.5) is 0 Å². The van der Waals surface area contributed by atoms with Crippen molar-refractivity contribution in [3.63, 3.8) is 0 Å². The second kappa shape index (κ2) is 5.49. The molecule has 1 rings (SSSR count). The summed E-state index contributed by atoms with van der Waals surface area (Å²) in [6, 6.07) is 0.478. The smallest absolute Gasteiger partial charge is 0.0948 e. The number of aliphatic hydroxyl groups is 1. The molecule has 0 amide bonds. The molecule has 0 saturated carbocycles. The Morgan fingerprint density at radius 3 is 2.79 bits per heavy atom. The molecule has 1 aliphatic heterocycles. The largest absolute Gasteiger partial charge is 0.389 e. The first-order valence-electron chi connectivity index (χ1n) is 5.28. The Labute approximate surface area is 86.2 Å². The molecule has 1 saturated heterocycles. The third kappa shape index (κ3) is 3.08. The maximum absolute atomic E-state index is 9.54. The first-order chi connectivity index (χ1) is 6.65. The molecule has 0 aliphatic carbocycles. The molecule has 0 spiro atoms. The lowest BCUT2D eigenvalue weighted by Gasteiger charge is -2.25. The van der Waals surface area contributed by atoms with Crippen LogP contribution in [-0.4, -0.2) is 36.5 Å². The highest BCUT2D eigenvalue weighted by Gasteiger charge is 2.27. The molecule has 82 valence electrons. The Morgan fingerprint density at radius 2 is 2.29 bits per heavy atom. The van der Waals surface area contributed by atoms with Gasteiger partial charge in [0.15, 0.2) is 0 Å². The van der Waals surface area contributed by atoms with Crippen LogP contribution in [0.2, 0.25) is 0 Å². The van der Waals surface area contributed by atoms with Gasteiger partial charge in [-0.05, 0) is 19.3 Å². The van der Waals surface area contributed by atoms with Gasteiger partial charge >= 0.3 is 0 Å². The maximum atomic E-state index is 9.54. The average molecular weight is 199 g/mol. The zero-order valence-electron chi connectivity index (χ0n) is 9.07. The van der Waals surface area contributed by atoms with Gasteiger partial charge in [-0.25, -0.2) is 0 Å². The van der Waals surface area contributed by atoms with Crippen LogP contribution in [0, 0.1) is 5.92 Å². The summed E-state index contributed by atoms with van der Waals surface area (Å²) in [5, 5.41) is 12.9. The SMILES string of the molecule is C=CCC(C)C(C)NC1COCC1O. The molecule has 2 N–H and O–H groups in total. The Morgan fingerprint density at radius 1 is 1.57 bits per heavy atom. The van der Waals surface area contributed by atoms with E-state index in [1.54, 1.807) is 0 Å². The van der Waals surface area contributed by atoms with Gasteiger partial charge < -0.3 is 15.2 Å². The summed E-state index contributed by atoms with van der Waals surface area (Å²) in [6.45, 7) is 9.12. The van der Waals surface area contributed by atoms with Crippen molar-refractivity contribution in [1.29, 1.82) is 0 Å². The molecule has 0 aromatic rings. The van der Waals surface area contributed by atoms with Crippen LogP contribution >= 0.6 is 0 Å². The van der Waals surface area contributed by atoms with Crippen LogP contribution in [0.5, 0.6) is 0 Å². The first kappa shape index (κ1) is 11.7. The van der Waals surface area contributed by atoms with Crippen molar-refractivity contribution in [1.82, 2.24) is 5.32 Å². The summed E-state index contributed by atoms with van der Waals surface area (Å²) in [4.78, 5) is 0. The molecule has 3 nitrogen and oxygen atoms in total. The number of hydrogen-bond acceptors (Lipinski definition) is 3. The normalized spacial score (nSPS) is 31.4. The molecular formula is C11H21NO2. The third-order valence-electron chi connectivity index (χ3n) is 2.92. The predicted octanol–water partition coefficient (Wildman–Crippen LogP) is 0.936. The van der Waals surface area contributed by atoms with Crippen molar-refractivity contribution < 1.29 is 9.84 Å². The summed E-state index contributed by atoms with van der Waals surface area (Å²) < 4.78 is 5.18. The van der Waals surface area contributed by atoms with E-state index in [-0.39, 0.29) is 12.1 Å². The highest BCUT2D eigenvalue weighted by Crippen LogP contribution is 2.12. The van der Waals surface area contributed by atoms with Crippen LogP contribution in [0.25, 0.3) is 0 Å². The van der Waals surface area contributed by atoms with Crippen molar-refractivity contribution >= 4 is 0 Å². The predicted molar refractivity (Wildman–Crippen MR) is 57.2 cm³/mol. The van der Waals surface area contributed by atoms with E-state index >= 15 is 0 Å². The standard InChI is InChI=1S/C11H21NO2/c1-4-5-8(2)9(3)12-10-6-14-7-11(10)13/h4,8-13H,1,5-7H2,2-3H3. The Hall–Kier alpha value is -0.380. The summed E-state index contributed by atoms with van der Waals surface area (Å²) in [7, 11) is 0. The van der Waals surface area contributed by atoms with E-state index in [2.05, 4.69) is 25.7 Å². The average Bonchev–Trinajstić information content (AvgIpc) is 2.52. The minimum atomic E-state index is -0.353. The molecule has 0 aromatic heterocycles. The van der Waals surface area contributed by atoms with Crippen LogP contribution in [0.15, 0.2) is 12.7 Å². The summed E-state index contributed by atoms with van der Waals surface area (Å²) in [5.74, 6) is 0.542. The summed E-state index contributed by atoms with van der Waals surface area (Å²) in [6.07, 6.45) is 2.58. The van der Waals surface area contributed by atoms with Gasteiger partial charge in [0.05, 0.1) is 25.4 Å². The van der Waals surface area contributed by atoms with Gasteiger partial charge in [0, 0.05) is 6.04 Å². The van der Waals surface area contributed by atoms with E-state index in [9.17, 15) is 5.11 Å². The number of ether oxygens (including phenoxy) is 1. The first-order valence-corrected chi connectivity index (χ1v) is 5.28. The van der Waals surface area contributed by atoms with Crippen LogP contribution in [-0.2, 0) is 4.74 Å². The van der Waals surface area contributed by atoms with Crippen molar-refractivity contribution in [2.45, 2.75) is 38.5 Å². The number of nitrogens with one attached hydrogen (secondary N) is 1. The molecule has 0 aromatic carbocycles. The van der Waals surface area contributed by atoms with Gasteiger partial charge in [-0.1, -0.05) is 13.0 Å². The number of aliphatic hydroxyl groups excluding tert-OH is 1. The minimum absolute atomic E-state index is 0.0947. The zero-order valence-corrected chi connectivity index (χ0v) is 9.07. The van der Waals surface area contributed by atoms with Crippen molar-refractivity contribution in [3.05, 3.63) is 12.7 Å². The van der Waals surface area contributed by atoms with Crippen molar-refractivity contribution in [2.75, 3.05) is 13.2 Å². The number of allylic oxidation sites excluding steroid dienone is 1. The molecular weight excluding hydrogens is 178 g/mol. The van der Waals surface area contributed by atoms with Gasteiger partial charge in [0.2, 0.25) is 0 Å². The van der Waals surface area contributed by atoms with Gasteiger partial charge in [0.1, 0.15) is 0 Å². The fourth-order valence-corrected chi connectivity index (χ4v) is 1.67. The lowest BCUT2D eigenvalue weighted by molar-refractivity contribution is 0.120. The van der Waals surface area contributed by atoms with E-state index in [1.807, 2.05) is 6.08 Å². The molecule has 1 heterocycles. The highest BCUT2D eigenvalue weighted by atomic mass is 16.5. The van der Waals surface area contributed by atoms with E-state index < -0.39 is 0 Å². The Kier molecular flexibility index (Phi) is 4.58. The monoisotopic (exact) mass is 199 g/mol. The minimum Gasteiger partial charge on any atom is -0.389 e. The fourth-order valence-electron chi connectivity index (χ4n) is 1.67. The molecule has 1 fully saturated rings. The lowest BCUT2D eigenvalue weighted by Crippen LogP contribution is -2.46. The van der Waals surface area contributed by atoms with E-state index in [1.165, 1.54) is 0 Å². The van der Waals surface area contributed by atoms with Crippen LogP contribution < -0.4 is 5.32 Å². The van der Waals surface area contributed by atoms with Gasteiger partial charge in [0.25, 0.3) is 0 Å². The number of rotatable bonds is 5. The summed E-state index contributed by atoms with van der Waals surface area (Å²) >= 11 is 0. The van der Waals surface area contributed by atoms with Gasteiger partial charge in [-0.3, -0.25) is 0 Å². The van der Waals surface area contributed by atoms with E-state index in [0.29, 0.717) is 25.2 Å². The second-order valence-electron chi connectivity index (χ2n) is 4.17. The molecule has 3 heteroatoms. The Bertz CT molecular complexity index is 184. The Balaban J connectivity index is 2.31.